The molecule has 0 bridgehead atoms. The van der Waals surface area contributed by atoms with Crippen molar-refractivity contribution in [2.24, 2.45) is 0 Å². The molecule has 150 heavy (non-hydrogen) atoms. The molecule has 0 unspecified atom stereocenters. The maximum atomic E-state index is 9.04. The Hall–Kier alpha value is -20.6. The van der Waals surface area contributed by atoms with E-state index in [1.807, 2.05) is 363 Å². The Morgan fingerprint density at radius 1 is 0.147 bits per heavy atom. The highest BCUT2D eigenvalue weighted by atomic mass is 15.2. The molecule has 0 atom stereocenters. The number of rotatable bonds is 15. The zero-order valence-corrected chi connectivity index (χ0v) is 79.8. The highest BCUT2D eigenvalue weighted by Gasteiger charge is 2.30. The zero-order valence-electron chi connectivity index (χ0n) is 94.8. The Balaban J connectivity index is 0.000000116. The van der Waals surface area contributed by atoms with Gasteiger partial charge in [0.15, 0.2) is 34.9 Å². The third-order valence-corrected chi connectivity index (χ3v) is 27.8. The van der Waals surface area contributed by atoms with Gasteiger partial charge in [-0.2, -0.15) is 29.9 Å². The molecule has 9 aromatic heterocycles. The van der Waals surface area contributed by atoms with Crippen molar-refractivity contribution >= 4 is 131 Å². The van der Waals surface area contributed by atoms with Crippen LogP contribution in [0.4, 0.5) is 0 Å². The van der Waals surface area contributed by atoms with Crippen LogP contribution >= 0.6 is 0 Å². The normalized spacial score (nSPS) is 13.0. The first-order chi connectivity index (χ1) is 80.7. The summed E-state index contributed by atoms with van der Waals surface area (Å²) in [6, 6.07) is 139. The second-order valence-corrected chi connectivity index (χ2v) is 36.3. The number of hydrogen-bond acceptors (Lipinski definition) is 9. The highest BCUT2D eigenvalue weighted by Crippen LogP contribution is 2.48. The van der Waals surface area contributed by atoms with Gasteiger partial charge in [-0.05, 0) is 130 Å². The van der Waals surface area contributed by atoms with Gasteiger partial charge in [0.05, 0.1) is 86.8 Å². The molecule has 0 aliphatic carbocycles. The van der Waals surface area contributed by atoms with Crippen LogP contribution in [0, 0.1) is 0 Å². The van der Waals surface area contributed by atoms with E-state index in [0.29, 0.717) is 46.6 Å². The molecule has 0 aliphatic rings. The van der Waals surface area contributed by atoms with E-state index < -0.39 is 42.3 Å². The smallest absolute Gasteiger partial charge is 0.238 e. The topological polar surface area (TPSA) is 146 Å². The van der Waals surface area contributed by atoms with Crippen LogP contribution in [0.5, 0.6) is 0 Å². The predicted octanol–water partition coefficient (Wildman–Crippen LogP) is 33.2. The molecule has 0 fully saturated rings. The fourth-order valence-corrected chi connectivity index (χ4v) is 21.3. The number of fused-ring (bicyclic) bond motifs is 21. The molecule has 15 heteroatoms. The minimum Gasteiger partial charge on any atom is -0.309 e. The maximum absolute atomic E-state index is 9.04. The van der Waals surface area contributed by atoms with E-state index in [4.69, 9.17) is 65.4 Å². The second-order valence-electron chi connectivity index (χ2n) is 36.3. The van der Waals surface area contributed by atoms with Gasteiger partial charge in [0, 0.05) is 115 Å². The number of benzene rings is 21. The monoisotopic (exact) mass is 1930 g/mol. The number of para-hydroxylation sites is 9. The maximum Gasteiger partial charge on any atom is 0.238 e. The SMILES string of the molecule is [2H]c1c([2H])c([2H])c(-c2nc(-c3ccc(-c4ccccc4)cc3)nc(-n3c4ccccc4c4ccc5c(c6ccccc6n5-c5ccccc5)c43)n2)c([2H])c1[2H].[2H]c1c([2H])c([2H])c(-n2c3ccccc3c3ccc4c(c5ccccc5n4-c4nc(-c5ccccc5)nc(-c5cccc(-c6ccccc6)c5)n4)c32)c([2H])c1[2H].[2H]c1c([2H])c([2H])c(-n2c3ccccc3c3ccc4c(c5ccccc5n4-c4nc(-c5ccccc5)nc(-c5ccccc5-c5ccccc5)n4)c32)c([2H])c1[2H]. The number of hydrogen-bond donors (Lipinski definition) is 0. The van der Waals surface area contributed by atoms with Crippen LogP contribution in [-0.2, 0) is 0 Å². The average molecular weight is 1930 g/mol. The summed E-state index contributed by atoms with van der Waals surface area (Å²) in [4.78, 5) is 45.7. The molecule has 30 aromatic rings. The molecular formula is C135H87N15. The van der Waals surface area contributed by atoms with Crippen molar-refractivity contribution in [1.29, 1.82) is 0 Å². The van der Waals surface area contributed by atoms with Crippen LogP contribution in [0.2, 0.25) is 0 Å². The molecule has 0 spiro atoms. The van der Waals surface area contributed by atoms with Gasteiger partial charge in [-0.3, -0.25) is 13.7 Å². The van der Waals surface area contributed by atoms with E-state index in [-0.39, 0.29) is 77.1 Å². The fraction of sp³-hybridized carbons (Fsp3) is 0. The molecular weight excluding hydrogens is 1830 g/mol. The Morgan fingerprint density at radius 2 is 0.427 bits per heavy atom. The number of nitrogens with zero attached hydrogens (tertiary/aromatic N) is 15. The molecule has 702 valence electrons. The molecule has 15 nitrogen and oxygen atoms in total. The van der Waals surface area contributed by atoms with Crippen molar-refractivity contribution in [1.82, 2.24) is 72.3 Å². The Kier molecular flexibility index (Phi) is 17.9. The number of aromatic nitrogens is 15. The van der Waals surface area contributed by atoms with Gasteiger partial charge in [0.25, 0.3) is 0 Å². The van der Waals surface area contributed by atoms with Crippen LogP contribution in [0.15, 0.2) is 527 Å². The predicted molar refractivity (Wildman–Crippen MR) is 614 cm³/mol. The molecule has 0 N–H and O–H groups in total. The van der Waals surface area contributed by atoms with Gasteiger partial charge < -0.3 is 13.7 Å². The summed E-state index contributed by atoms with van der Waals surface area (Å²) in [5, 5.41) is 11.1. The van der Waals surface area contributed by atoms with E-state index in [2.05, 4.69) is 102 Å². The first-order valence-corrected chi connectivity index (χ1v) is 49.2. The summed E-state index contributed by atoms with van der Waals surface area (Å²) in [6.45, 7) is 0. The molecule has 21 aromatic carbocycles. The molecule has 0 saturated heterocycles. The Labute approximate surface area is 882 Å². The van der Waals surface area contributed by atoms with E-state index in [9.17, 15) is 0 Å². The summed E-state index contributed by atoms with van der Waals surface area (Å²) in [6.07, 6.45) is 0. The minimum atomic E-state index is -0.482. The van der Waals surface area contributed by atoms with Crippen molar-refractivity contribution in [3.8, 4) is 137 Å². The van der Waals surface area contributed by atoms with Crippen LogP contribution in [0.25, 0.3) is 267 Å². The third kappa shape index (κ3) is 15.1. The molecule has 0 aliphatic heterocycles. The fourth-order valence-electron chi connectivity index (χ4n) is 21.3. The minimum absolute atomic E-state index is 0.0195. The molecule has 9 heterocycles. The van der Waals surface area contributed by atoms with Crippen LogP contribution < -0.4 is 0 Å². The van der Waals surface area contributed by atoms with Gasteiger partial charge in [-0.15, -0.1) is 0 Å². The lowest BCUT2D eigenvalue weighted by atomic mass is 9.99. The van der Waals surface area contributed by atoms with Crippen LogP contribution in [0.1, 0.15) is 20.6 Å². The van der Waals surface area contributed by atoms with Crippen molar-refractivity contribution in [3.05, 3.63) is 527 Å². The van der Waals surface area contributed by atoms with E-state index in [0.717, 1.165) is 192 Å². The first kappa shape index (κ1) is 72.7. The van der Waals surface area contributed by atoms with E-state index in [1.165, 1.54) is 0 Å². The first-order valence-electron chi connectivity index (χ1n) is 56.7. The van der Waals surface area contributed by atoms with Gasteiger partial charge in [-0.1, -0.05) is 430 Å². The highest BCUT2D eigenvalue weighted by molar-refractivity contribution is 6.29. The van der Waals surface area contributed by atoms with Gasteiger partial charge >= 0.3 is 0 Å². The molecule has 0 amide bonds. The van der Waals surface area contributed by atoms with E-state index >= 15 is 0 Å². The second kappa shape index (κ2) is 37.0. The van der Waals surface area contributed by atoms with E-state index in [1.54, 1.807) is 0 Å². The zero-order chi connectivity index (χ0) is 112. The molecule has 0 radical (unpaired) electrons. The molecule has 0 saturated carbocycles. The van der Waals surface area contributed by atoms with Crippen molar-refractivity contribution in [3.63, 3.8) is 0 Å². The van der Waals surface area contributed by atoms with Crippen LogP contribution in [-0.4, -0.2) is 72.3 Å². The lowest BCUT2D eigenvalue weighted by Crippen LogP contribution is -2.06. The summed E-state index contributed by atoms with van der Waals surface area (Å²) < 4.78 is 142. The largest absolute Gasteiger partial charge is 0.309 e. The van der Waals surface area contributed by atoms with Crippen molar-refractivity contribution in [2.45, 2.75) is 0 Å². The quantitative estimate of drug-likeness (QED) is 0.0979. The summed E-state index contributed by atoms with van der Waals surface area (Å²) >= 11 is 0. The summed E-state index contributed by atoms with van der Waals surface area (Å²) in [5.41, 5.74) is 21.4. The third-order valence-electron chi connectivity index (χ3n) is 27.8. The van der Waals surface area contributed by atoms with Gasteiger partial charge in [-0.25, -0.2) is 15.0 Å². The Bertz CT molecular complexity index is 11400. The summed E-state index contributed by atoms with van der Waals surface area (Å²) in [7, 11) is 0. The summed E-state index contributed by atoms with van der Waals surface area (Å²) in [5.74, 6) is 3.45. The Morgan fingerprint density at radius 3 is 0.873 bits per heavy atom. The lowest BCUT2D eigenvalue weighted by molar-refractivity contribution is 0.953. The lowest BCUT2D eigenvalue weighted by Gasteiger charge is -2.13. The average Bonchev–Trinajstić information content (AvgIpc) is 1.55. The van der Waals surface area contributed by atoms with Gasteiger partial charge in [0.1, 0.15) is 0 Å². The van der Waals surface area contributed by atoms with Crippen LogP contribution in [0.3, 0.4) is 0 Å². The molecule has 30 rings (SSSR count). The van der Waals surface area contributed by atoms with Crippen molar-refractivity contribution < 1.29 is 20.6 Å². The standard InChI is InChI=1S/3C45H29N5/c1-4-15-30(16-5-1)32-19-14-20-33(29-32)44-46-43(31-17-6-2-7-18-31)47-45(48-44)50-39-26-13-11-24-37(39)41-40(50)28-27-36-35-23-10-12-25-38(35)49(42(36)41)34-21-8-3-9-22-34;1-4-14-30(15-5-1)31-24-26-33(27-25-31)44-46-43(32-16-6-2-7-17-32)47-45(48-44)50-38-22-12-10-20-35(38)36-28-29-40-41(42(36)50)37-21-11-13-23-39(37)49(40)34-18-8-3-9-19-34;1-4-16-30(17-5-1)33-22-10-11-24-36(33)44-46-43(31-18-6-2-7-19-31)47-45(48-44)50-39-27-15-13-25-37(39)41-40(50)29-28-35-34-23-12-14-26-38(34)49(42(35)41)32-20-8-3-9-21-32/h3*1-29H/i3D,8D,9D,21D,22D;2D,6D,7D,16D,17D;3D,8D,9D,20D,21D. The van der Waals surface area contributed by atoms with Crippen molar-refractivity contribution in [2.75, 3.05) is 0 Å². The van der Waals surface area contributed by atoms with Gasteiger partial charge in [0.2, 0.25) is 17.8 Å².